The topological polar surface area (TPSA) is 76.7 Å². The first kappa shape index (κ1) is 18.3. The Kier molecular flexibility index (Phi) is 6.12. The summed E-state index contributed by atoms with van der Waals surface area (Å²) in [7, 11) is 0. The van der Waals surface area contributed by atoms with Crippen molar-refractivity contribution in [1.29, 1.82) is 0 Å². The fourth-order valence-corrected chi connectivity index (χ4v) is 2.78. The number of ether oxygens (including phenoxy) is 2. The van der Waals surface area contributed by atoms with Gasteiger partial charge in [0.2, 0.25) is 12.7 Å². The molecule has 26 heavy (non-hydrogen) atoms. The Morgan fingerprint density at radius 3 is 2.50 bits per heavy atom. The Hall–Kier alpha value is -2.54. The number of amides is 2. The van der Waals surface area contributed by atoms with Crippen LogP contribution in [0.1, 0.15) is 22.3 Å². The highest BCUT2D eigenvalue weighted by atomic mass is 79.9. The van der Waals surface area contributed by atoms with Crippen LogP contribution in [0.25, 0.3) is 0 Å². The number of carbonyl (C=O) groups is 2. The summed E-state index contributed by atoms with van der Waals surface area (Å²) in [5.41, 5.74) is 1.48. The van der Waals surface area contributed by atoms with Crippen LogP contribution in [0.4, 0.5) is 0 Å². The molecule has 2 amide bonds. The summed E-state index contributed by atoms with van der Waals surface area (Å²) in [5, 5.41) is 5.69. The van der Waals surface area contributed by atoms with Crippen molar-refractivity contribution in [1.82, 2.24) is 10.6 Å². The smallest absolute Gasteiger partial charge is 0.251 e. The first-order chi connectivity index (χ1) is 12.6. The number of nitrogens with one attached hydrogen (secondary N) is 2. The number of halogens is 1. The molecule has 0 bridgehead atoms. The molecular weight excluding hydrogens is 400 g/mol. The highest BCUT2D eigenvalue weighted by Gasteiger charge is 2.14. The average Bonchev–Trinajstić information content (AvgIpc) is 3.09. The lowest BCUT2D eigenvalue weighted by Crippen LogP contribution is -2.30. The van der Waals surface area contributed by atoms with E-state index in [4.69, 9.17) is 9.47 Å². The quantitative estimate of drug-likeness (QED) is 0.677. The minimum absolute atomic E-state index is 0.0666. The van der Waals surface area contributed by atoms with Crippen LogP contribution < -0.4 is 20.1 Å². The van der Waals surface area contributed by atoms with Gasteiger partial charge in [-0.2, -0.15) is 0 Å². The molecule has 0 radical (unpaired) electrons. The van der Waals surface area contributed by atoms with Gasteiger partial charge in [0.25, 0.3) is 5.91 Å². The van der Waals surface area contributed by atoms with Gasteiger partial charge in [0, 0.05) is 23.1 Å². The Morgan fingerprint density at radius 1 is 0.962 bits per heavy atom. The van der Waals surface area contributed by atoms with E-state index in [1.807, 2.05) is 30.3 Å². The molecule has 0 fully saturated rings. The second-order valence-corrected chi connectivity index (χ2v) is 6.75. The van der Waals surface area contributed by atoms with Crippen LogP contribution >= 0.6 is 15.9 Å². The summed E-state index contributed by atoms with van der Waals surface area (Å²) in [6.07, 6.45) is 0.942. The third-order valence-corrected chi connectivity index (χ3v) is 4.40. The van der Waals surface area contributed by atoms with Gasteiger partial charge in [0.1, 0.15) is 0 Å². The number of hydrogen-bond acceptors (Lipinski definition) is 4. The molecule has 2 aromatic rings. The van der Waals surface area contributed by atoms with E-state index in [0.29, 0.717) is 36.6 Å². The minimum atomic E-state index is -0.121. The molecule has 0 saturated heterocycles. The van der Waals surface area contributed by atoms with E-state index in [1.54, 1.807) is 12.1 Å². The first-order valence-corrected chi connectivity index (χ1v) is 9.10. The maximum Gasteiger partial charge on any atom is 0.251 e. The van der Waals surface area contributed by atoms with Gasteiger partial charge in [-0.25, -0.2) is 0 Å². The molecule has 0 unspecified atom stereocenters. The zero-order valence-electron chi connectivity index (χ0n) is 14.1. The zero-order valence-corrected chi connectivity index (χ0v) is 15.7. The van der Waals surface area contributed by atoms with Gasteiger partial charge >= 0.3 is 0 Å². The van der Waals surface area contributed by atoms with Crippen LogP contribution in [0.2, 0.25) is 0 Å². The van der Waals surface area contributed by atoms with Crippen LogP contribution in [-0.4, -0.2) is 31.7 Å². The number of fused-ring (bicyclic) bond motifs is 1. The lowest BCUT2D eigenvalue weighted by molar-refractivity contribution is -0.120. The molecule has 1 aliphatic rings. The Balaban J connectivity index is 1.34. The summed E-state index contributed by atoms with van der Waals surface area (Å²) in [6, 6.07) is 12.6. The summed E-state index contributed by atoms with van der Waals surface area (Å²) in [4.78, 5) is 23.9. The average molecular weight is 419 g/mol. The summed E-state index contributed by atoms with van der Waals surface area (Å²) < 4.78 is 11.5. The van der Waals surface area contributed by atoms with Gasteiger partial charge in [0.05, 0.1) is 6.42 Å². The van der Waals surface area contributed by atoms with Crippen LogP contribution in [0.3, 0.4) is 0 Å². The van der Waals surface area contributed by atoms with Crippen molar-refractivity contribution in [2.75, 3.05) is 19.9 Å². The number of carbonyl (C=O) groups excluding carboxylic acids is 2. The van der Waals surface area contributed by atoms with Gasteiger partial charge in [-0.15, -0.1) is 0 Å². The fraction of sp³-hybridized carbons (Fsp3) is 0.263. The molecule has 0 aromatic heterocycles. The number of rotatable bonds is 7. The summed E-state index contributed by atoms with van der Waals surface area (Å²) in [6.45, 7) is 1.22. The predicted octanol–water partition coefficient (Wildman–Crippen LogP) is 2.66. The largest absolute Gasteiger partial charge is 0.454 e. The van der Waals surface area contributed by atoms with E-state index in [2.05, 4.69) is 26.6 Å². The fourth-order valence-electron chi connectivity index (χ4n) is 2.52. The molecule has 0 aliphatic carbocycles. The van der Waals surface area contributed by atoms with Gasteiger partial charge in [-0.05, 0) is 48.4 Å². The number of benzene rings is 2. The predicted molar refractivity (Wildman–Crippen MR) is 100 cm³/mol. The molecule has 6 nitrogen and oxygen atoms in total. The van der Waals surface area contributed by atoms with Crippen molar-refractivity contribution >= 4 is 27.7 Å². The van der Waals surface area contributed by atoms with Crippen molar-refractivity contribution in [3.05, 3.63) is 58.1 Å². The van der Waals surface area contributed by atoms with Gasteiger partial charge in [-0.3, -0.25) is 9.59 Å². The maximum atomic E-state index is 12.0. The lowest BCUT2D eigenvalue weighted by atomic mass is 10.1. The molecule has 3 rings (SSSR count). The van der Waals surface area contributed by atoms with Crippen molar-refractivity contribution in [2.45, 2.75) is 12.8 Å². The van der Waals surface area contributed by atoms with E-state index in [0.717, 1.165) is 10.0 Å². The molecular formula is C19H19BrN2O4. The molecule has 0 saturated carbocycles. The second kappa shape index (κ2) is 8.71. The van der Waals surface area contributed by atoms with Crippen molar-refractivity contribution in [3.8, 4) is 11.5 Å². The molecule has 136 valence electrons. The SMILES string of the molecule is O=C(Cc1ccc2c(c1)OCO2)NCCCNC(=O)c1ccc(Br)cc1. The highest BCUT2D eigenvalue weighted by molar-refractivity contribution is 9.10. The summed E-state index contributed by atoms with van der Waals surface area (Å²) in [5.74, 6) is 1.19. The van der Waals surface area contributed by atoms with Gasteiger partial charge < -0.3 is 20.1 Å². The van der Waals surface area contributed by atoms with Crippen LogP contribution in [-0.2, 0) is 11.2 Å². The Labute approximate surface area is 160 Å². The van der Waals surface area contributed by atoms with Crippen LogP contribution in [0.5, 0.6) is 11.5 Å². The van der Waals surface area contributed by atoms with Crippen LogP contribution in [0.15, 0.2) is 46.9 Å². The van der Waals surface area contributed by atoms with E-state index >= 15 is 0 Å². The molecule has 2 N–H and O–H groups in total. The van der Waals surface area contributed by atoms with Gasteiger partial charge in [-0.1, -0.05) is 22.0 Å². The van der Waals surface area contributed by atoms with E-state index in [9.17, 15) is 9.59 Å². The third-order valence-electron chi connectivity index (χ3n) is 3.87. The Bertz CT molecular complexity index is 793. The van der Waals surface area contributed by atoms with E-state index in [1.165, 1.54) is 0 Å². The third kappa shape index (κ3) is 4.98. The molecule has 0 spiro atoms. The lowest BCUT2D eigenvalue weighted by Gasteiger charge is -2.07. The molecule has 1 aliphatic heterocycles. The summed E-state index contributed by atoms with van der Waals surface area (Å²) >= 11 is 3.33. The van der Waals surface area contributed by atoms with Crippen molar-refractivity contribution < 1.29 is 19.1 Å². The molecule has 7 heteroatoms. The van der Waals surface area contributed by atoms with Crippen LogP contribution in [0, 0.1) is 0 Å². The van der Waals surface area contributed by atoms with Crippen molar-refractivity contribution in [3.63, 3.8) is 0 Å². The second-order valence-electron chi connectivity index (χ2n) is 5.83. The van der Waals surface area contributed by atoms with Crippen molar-refractivity contribution in [2.24, 2.45) is 0 Å². The Morgan fingerprint density at radius 2 is 1.69 bits per heavy atom. The molecule has 0 atom stereocenters. The number of hydrogen-bond donors (Lipinski definition) is 2. The van der Waals surface area contributed by atoms with E-state index in [-0.39, 0.29) is 25.0 Å². The minimum Gasteiger partial charge on any atom is -0.454 e. The van der Waals surface area contributed by atoms with E-state index < -0.39 is 0 Å². The highest BCUT2D eigenvalue weighted by Crippen LogP contribution is 2.32. The standard InChI is InChI=1S/C19H19BrN2O4/c20-15-5-3-14(4-6-15)19(24)22-9-1-8-21-18(23)11-13-2-7-16-17(10-13)26-12-25-16/h2-7,10H,1,8-9,11-12H2,(H,21,23)(H,22,24). The zero-order chi connectivity index (χ0) is 18.4. The van der Waals surface area contributed by atoms with Gasteiger partial charge in [0.15, 0.2) is 11.5 Å². The molecule has 1 heterocycles. The first-order valence-electron chi connectivity index (χ1n) is 8.31. The molecule has 2 aromatic carbocycles. The monoisotopic (exact) mass is 418 g/mol. The normalized spacial score (nSPS) is 11.9. The maximum absolute atomic E-state index is 12.0.